The van der Waals surface area contributed by atoms with Gasteiger partial charge in [-0.3, -0.25) is 0 Å². The van der Waals surface area contributed by atoms with E-state index < -0.39 is 0 Å². The van der Waals surface area contributed by atoms with Crippen LogP contribution in [0.5, 0.6) is 0 Å². The number of rotatable bonds is 2. The van der Waals surface area contributed by atoms with Crippen molar-refractivity contribution in [2.75, 3.05) is 0 Å². The molecule has 7 aromatic rings. The SMILES string of the molecule is Cc1cc(C)c(B2c3ccccc3Sc3cc(-n4c5ccccc5c5sc6ccccc6c54)ccc32)c(C)c1. The van der Waals surface area contributed by atoms with E-state index in [1.807, 2.05) is 23.1 Å². The second-order valence-electron chi connectivity index (χ2n) is 10.7. The van der Waals surface area contributed by atoms with Gasteiger partial charge in [-0.2, -0.15) is 0 Å². The first-order chi connectivity index (χ1) is 19.1. The summed E-state index contributed by atoms with van der Waals surface area (Å²) in [6.45, 7) is 6.98. The predicted octanol–water partition coefficient (Wildman–Crippen LogP) is 7.90. The van der Waals surface area contributed by atoms with Crippen molar-refractivity contribution in [1.82, 2.24) is 4.57 Å². The molecule has 0 N–H and O–H groups in total. The zero-order chi connectivity index (χ0) is 26.2. The standard InChI is InChI=1S/C35H26BNS2/c1-21-18-22(2)33(23(3)19-21)36-27-12-6-9-15-31(27)38-32-20-24(16-17-28(32)36)37-29-13-7-4-10-25(29)35-34(37)26-11-5-8-14-30(26)39-35/h4-20H,1-3H3. The highest BCUT2D eigenvalue weighted by Crippen LogP contribution is 2.42. The van der Waals surface area contributed by atoms with Crippen LogP contribution < -0.4 is 16.4 Å². The molecule has 1 nitrogen and oxygen atoms in total. The van der Waals surface area contributed by atoms with Gasteiger partial charge in [-0.05, 0) is 51.1 Å². The van der Waals surface area contributed by atoms with Crippen molar-refractivity contribution < 1.29 is 0 Å². The lowest BCUT2D eigenvalue weighted by Crippen LogP contribution is -2.56. The molecule has 0 atom stereocenters. The number of thiophene rings is 1. The van der Waals surface area contributed by atoms with Crippen molar-refractivity contribution in [3.63, 3.8) is 0 Å². The molecule has 39 heavy (non-hydrogen) atoms. The summed E-state index contributed by atoms with van der Waals surface area (Å²) in [5.41, 5.74) is 12.2. The molecular formula is C35H26BNS2. The second kappa shape index (κ2) is 8.64. The quantitative estimate of drug-likeness (QED) is 0.204. The van der Waals surface area contributed by atoms with Gasteiger partial charge in [0.25, 0.3) is 0 Å². The molecule has 1 aliphatic heterocycles. The fraction of sp³-hybridized carbons (Fsp3) is 0.0857. The highest BCUT2D eigenvalue weighted by atomic mass is 32.2. The van der Waals surface area contributed by atoms with Crippen LogP contribution in [0.1, 0.15) is 16.7 Å². The van der Waals surface area contributed by atoms with E-state index in [0.717, 1.165) is 0 Å². The third-order valence-corrected chi connectivity index (χ3v) is 10.6. The van der Waals surface area contributed by atoms with E-state index in [0.29, 0.717) is 0 Å². The lowest BCUT2D eigenvalue weighted by atomic mass is 9.35. The van der Waals surface area contributed by atoms with E-state index in [1.54, 1.807) is 0 Å². The average molecular weight is 536 g/mol. The van der Waals surface area contributed by atoms with Gasteiger partial charge in [0.15, 0.2) is 0 Å². The van der Waals surface area contributed by atoms with Gasteiger partial charge >= 0.3 is 0 Å². The van der Waals surface area contributed by atoms with Gasteiger partial charge in [0, 0.05) is 31.0 Å². The molecule has 0 unspecified atom stereocenters. The smallest absolute Gasteiger partial charge is 0.244 e. The molecule has 0 fully saturated rings. The Hall–Kier alpha value is -3.73. The number of hydrogen-bond acceptors (Lipinski definition) is 2. The third kappa shape index (κ3) is 3.41. The molecule has 2 aromatic heterocycles. The molecule has 0 bridgehead atoms. The van der Waals surface area contributed by atoms with Gasteiger partial charge in [0.1, 0.15) is 0 Å². The molecule has 3 heterocycles. The third-order valence-electron chi connectivity index (χ3n) is 8.23. The fourth-order valence-corrected chi connectivity index (χ4v) is 9.12. The number of aromatic nitrogens is 1. The van der Waals surface area contributed by atoms with Crippen molar-refractivity contribution in [3.05, 3.63) is 120 Å². The van der Waals surface area contributed by atoms with E-state index in [-0.39, 0.29) is 6.71 Å². The van der Waals surface area contributed by atoms with Gasteiger partial charge in [0.05, 0.1) is 15.7 Å². The Labute approximate surface area is 237 Å². The Morgan fingerprint density at radius 2 is 1.33 bits per heavy atom. The van der Waals surface area contributed by atoms with Crippen molar-refractivity contribution in [2.45, 2.75) is 30.6 Å². The first kappa shape index (κ1) is 23.2. The maximum atomic E-state index is 2.49. The Morgan fingerprint density at radius 3 is 2.18 bits per heavy atom. The first-order valence-electron chi connectivity index (χ1n) is 13.5. The van der Waals surface area contributed by atoms with Crippen LogP contribution in [-0.2, 0) is 0 Å². The molecule has 0 radical (unpaired) electrons. The van der Waals surface area contributed by atoms with Gasteiger partial charge in [0.2, 0.25) is 6.71 Å². The van der Waals surface area contributed by atoms with Gasteiger partial charge in [-0.15, -0.1) is 11.3 Å². The van der Waals surface area contributed by atoms with Crippen LogP contribution in [0, 0.1) is 20.8 Å². The molecule has 0 saturated heterocycles. The number of benzene rings is 5. The predicted molar refractivity (Wildman–Crippen MR) is 172 cm³/mol. The maximum absolute atomic E-state index is 2.49. The van der Waals surface area contributed by atoms with Crippen LogP contribution in [0.15, 0.2) is 113 Å². The second-order valence-corrected chi connectivity index (χ2v) is 12.9. The van der Waals surface area contributed by atoms with E-state index in [1.165, 1.54) is 79.8 Å². The largest absolute Gasteiger partial charge is 0.308 e. The summed E-state index contributed by atoms with van der Waals surface area (Å²) in [6, 6.07) is 38.5. The molecule has 5 aromatic carbocycles. The number of nitrogens with zero attached hydrogens (tertiary/aromatic N) is 1. The highest BCUT2D eigenvalue weighted by Gasteiger charge is 2.33. The number of fused-ring (bicyclic) bond motifs is 7. The van der Waals surface area contributed by atoms with Gasteiger partial charge in [-0.25, -0.2) is 0 Å². The number of aryl methyl sites for hydroxylation is 3. The molecule has 0 saturated carbocycles. The lowest BCUT2D eigenvalue weighted by molar-refractivity contribution is 1.17. The summed E-state index contributed by atoms with van der Waals surface area (Å²) in [5.74, 6) is 0. The molecule has 0 amide bonds. The minimum absolute atomic E-state index is 0.232. The fourth-order valence-electron chi connectivity index (χ4n) is 6.73. The maximum Gasteiger partial charge on any atom is 0.244 e. The molecule has 8 rings (SSSR count). The van der Waals surface area contributed by atoms with Gasteiger partial charge in [-0.1, -0.05) is 118 Å². The van der Waals surface area contributed by atoms with Gasteiger partial charge < -0.3 is 4.57 Å². The van der Waals surface area contributed by atoms with Crippen molar-refractivity contribution in [2.24, 2.45) is 0 Å². The number of para-hydroxylation sites is 1. The molecule has 4 heteroatoms. The van der Waals surface area contributed by atoms with E-state index >= 15 is 0 Å². The Balaban J connectivity index is 1.40. The molecular weight excluding hydrogens is 509 g/mol. The molecule has 1 aliphatic rings. The average Bonchev–Trinajstić information content (AvgIpc) is 3.47. The van der Waals surface area contributed by atoms with Crippen LogP contribution in [0.4, 0.5) is 0 Å². The minimum atomic E-state index is 0.232. The topological polar surface area (TPSA) is 4.93 Å². The number of hydrogen-bond donors (Lipinski definition) is 0. The molecule has 0 aliphatic carbocycles. The highest BCUT2D eigenvalue weighted by molar-refractivity contribution is 8.00. The van der Waals surface area contributed by atoms with Crippen LogP contribution in [-0.4, -0.2) is 11.3 Å². The summed E-state index contributed by atoms with van der Waals surface area (Å²) in [7, 11) is 0. The van der Waals surface area contributed by atoms with E-state index in [2.05, 4.69) is 128 Å². The Morgan fingerprint density at radius 1 is 0.641 bits per heavy atom. The Kier molecular flexibility index (Phi) is 5.14. The minimum Gasteiger partial charge on any atom is -0.308 e. The summed E-state index contributed by atoms with van der Waals surface area (Å²) < 4.78 is 5.20. The van der Waals surface area contributed by atoms with E-state index in [9.17, 15) is 0 Å². The van der Waals surface area contributed by atoms with Crippen molar-refractivity contribution in [1.29, 1.82) is 0 Å². The first-order valence-corrected chi connectivity index (χ1v) is 15.1. The van der Waals surface area contributed by atoms with Crippen molar-refractivity contribution >= 4 is 77.4 Å². The summed E-state index contributed by atoms with van der Waals surface area (Å²) in [5, 5.41) is 2.65. The monoisotopic (exact) mass is 535 g/mol. The molecule has 186 valence electrons. The van der Waals surface area contributed by atoms with Crippen LogP contribution >= 0.6 is 23.1 Å². The normalized spacial score (nSPS) is 12.8. The zero-order valence-electron chi connectivity index (χ0n) is 22.2. The molecule has 0 spiro atoms. The zero-order valence-corrected chi connectivity index (χ0v) is 23.8. The summed E-state index contributed by atoms with van der Waals surface area (Å²) >= 11 is 3.82. The van der Waals surface area contributed by atoms with Crippen molar-refractivity contribution in [3.8, 4) is 5.69 Å². The van der Waals surface area contributed by atoms with Crippen LogP contribution in [0.25, 0.3) is 36.9 Å². The van der Waals surface area contributed by atoms with Crippen LogP contribution in [0.2, 0.25) is 0 Å². The lowest BCUT2D eigenvalue weighted by Gasteiger charge is -2.29. The Bertz CT molecular complexity index is 2070. The van der Waals surface area contributed by atoms with Crippen LogP contribution in [0.3, 0.4) is 0 Å². The van der Waals surface area contributed by atoms with E-state index in [4.69, 9.17) is 0 Å². The summed E-state index contributed by atoms with van der Waals surface area (Å²) in [6.07, 6.45) is 0. The summed E-state index contributed by atoms with van der Waals surface area (Å²) in [4.78, 5) is 2.70.